The number of benzene rings is 5. The highest BCUT2D eigenvalue weighted by Gasteiger charge is 2.30. The summed E-state index contributed by atoms with van der Waals surface area (Å²) in [6.07, 6.45) is 47.1. The highest BCUT2D eigenvalue weighted by Crippen LogP contribution is 2.37. The maximum atomic E-state index is 12.1. The van der Waals surface area contributed by atoms with Gasteiger partial charge in [-0.1, -0.05) is 286 Å². The zero-order valence-electron chi connectivity index (χ0n) is 80.1. The molecule has 0 saturated heterocycles. The molecule has 7 rings (SSSR count). The summed E-state index contributed by atoms with van der Waals surface area (Å²) in [5, 5.41) is 67.9. The van der Waals surface area contributed by atoms with Gasteiger partial charge in [0.2, 0.25) is 0 Å². The van der Waals surface area contributed by atoms with Crippen LogP contribution in [0.4, 0.5) is 5.69 Å². The molecule has 5 aromatic rings. The van der Waals surface area contributed by atoms with Crippen LogP contribution in [0.1, 0.15) is 414 Å². The largest absolute Gasteiger partial charge is 0.494 e. The van der Waals surface area contributed by atoms with Gasteiger partial charge in [0, 0.05) is 34.7 Å². The first-order chi connectivity index (χ1) is 58.2. The zero-order valence-corrected chi connectivity index (χ0v) is 82.5. The molecule has 10 nitrogen and oxygen atoms in total. The first-order valence-electron chi connectivity index (χ1n) is 49.3. The maximum Gasteiger partial charge on any atom is 0.178 e. The number of hydrogen-bond acceptors (Lipinski definition) is 12. The summed E-state index contributed by atoms with van der Waals surface area (Å²) in [7, 11) is -3.17. The van der Waals surface area contributed by atoms with Crippen LogP contribution < -0.4 is 10.1 Å². The summed E-state index contributed by atoms with van der Waals surface area (Å²) in [5.41, 5.74) is 5.75. The van der Waals surface area contributed by atoms with Crippen molar-refractivity contribution in [3.05, 3.63) is 155 Å². The van der Waals surface area contributed by atoms with E-state index in [0.29, 0.717) is 24.2 Å². The lowest BCUT2D eigenvalue weighted by Crippen LogP contribution is -2.29. The first-order valence-corrected chi connectivity index (χ1v) is 52.9. The molecule has 0 spiro atoms. The SMILES string of the molecule is CCC#CC1CCCC(CSC2CCCCC2)C1.CCCC(O)(CCC)CCc1cccc(S(=O)(=O)CCC)c1.CCCNc1cccc(CCC(O)(CCC)CCC)c1.CCCOc1cccc(CCC(O)(CCC)CCC)c1.CCCSc1cccc(CCC(O)(CCC)CCC)c1.CCC[C@@H](O)c1cccc(CCC(O)(CCC)CCC)c1. The van der Waals surface area contributed by atoms with Crippen LogP contribution in [0.15, 0.2) is 131 Å². The Kier molecular flexibility index (Phi) is 62.4. The fraction of sp³-hybridized carbons (Fsp3) is 0.704. The smallest absolute Gasteiger partial charge is 0.178 e. The molecule has 690 valence electrons. The van der Waals surface area contributed by atoms with E-state index < -0.39 is 37.8 Å². The van der Waals surface area contributed by atoms with Crippen molar-refractivity contribution in [3.8, 4) is 17.6 Å². The van der Waals surface area contributed by atoms with Crippen LogP contribution in [-0.2, 0) is 41.9 Å². The number of aliphatic hydroxyl groups is 6. The monoisotopic (exact) mass is 1730 g/mol. The van der Waals surface area contributed by atoms with E-state index in [1.807, 2.05) is 49.0 Å². The van der Waals surface area contributed by atoms with Crippen molar-refractivity contribution in [2.24, 2.45) is 11.8 Å². The highest BCUT2D eigenvalue weighted by atomic mass is 32.2. The van der Waals surface area contributed by atoms with E-state index in [0.717, 1.165) is 259 Å². The van der Waals surface area contributed by atoms with Crippen LogP contribution in [0.2, 0.25) is 0 Å². The summed E-state index contributed by atoms with van der Waals surface area (Å²) in [6.45, 7) is 35.7. The number of anilines is 1. The Hall–Kier alpha value is -4.33. The predicted molar refractivity (Wildman–Crippen MR) is 528 cm³/mol. The molecule has 2 saturated carbocycles. The number of thioether (sulfide) groups is 2. The van der Waals surface area contributed by atoms with Crippen LogP contribution in [0, 0.1) is 23.7 Å². The van der Waals surface area contributed by atoms with Gasteiger partial charge >= 0.3 is 0 Å². The molecule has 0 aromatic heterocycles. The lowest BCUT2D eigenvalue weighted by Gasteiger charge is -2.28. The fourth-order valence-electron chi connectivity index (χ4n) is 17.5. The van der Waals surface area contributed by atoms with Gasteiger partial charge in [-0.3, -0.25) is 0 Å². The predicted octanol–water partition coefficient (Wildman–Crippen LogP) is 29.2. The molecule has 2 aliphatic rings. The number of aryl methyl sites for hydroxylation is 5. The summed E-state index contributed by atoms with van der Waals surface area (Å²) >= 11 is 4.21. The molecule has 3 atom stereocenters. The Morgan fingerprint density at radius 3 is 1.32 bits per heavy atom. The number of nitrogens with one attached hydrogen (secondary N) is 1. The number of hydrogen-bond donors (Lipinski definition) is 7. The molecule has 0 radical (unpaired) electrons. The van der Waals surface area contributed by atoms with Crippen molar-refractivity contribution >= 4 is 39.0 Å². The minimum absolute atomic E-state index is 0.187. The van der Waals surface area contributed by atoms with E-state index in [1.54, 1.807) is 18.2 Å². The van der Waals surface area contributed by atoms with E-state index in [9.17, 15) is 39.1 Å². The average molecular weight is 1730 g/mol. The third kappa shape index (κ3) is 50.7. The maximum absolute atomic E-state index is 12.1. The van der Waals surface area contributed by atoms with Gasteiger partial charge < -0.3 is 40.7 Å². The molecule has 7 N–H and O–H groups in total. The van der Waals surface area contributed by atoms with E-state index >= 15 is 0 Å². The van der Waals surface area contributed by atoms with Gasteiger partial charge in [0.15, 0.2) is 9.84 Å². The second-order valence-corrected chi connectivity index (χ2v) is 40.4. The summed E-state index contributed by atoms with van der Waals surface area (Å²) in [5.74, 6) is 12.2. The molecule has 5 aromatic carbocycles. The first kappa shape index (κ1) is 113. The van der Waals surface area contributed by atoms with Gasteiger partial charge in [-0.2, -0.15) is 11.8 Å². The van der Waals surface area contributed by atoms with Gasteiger partial charge in [-0.05, 0) is 292 Å². The third-order valence-corrected chi connectivity index (χ3v) is 28.5. The molecule has 2 aliphatic carbocycles. The standard InChI is InChI=1S/C19H32O2.C18H31NO.C18H30O3S.C18H30O2.C18H30OS.C17H28S/c1-4-8-18(20)17-10-7-9-16(15-17)11-14-19(21,12-5-2)13-6-3;1-4-11-18(20,12-5-2)13-10-16-8-7-9-17(15-16)19-14-6-3;1-4-11-18(19,12-5-2)13-10-16-8-7-9-17(15-16)22(20,21)14-6-3;2*1-4-11-18(19,12-5-2)13-10-16-8-7-9-17(15-16)20-14-6-3;1-2-3-8-15-9-7-10-16(13-15)14-18-17-11-5-4-6-12-17/h7,9-10,15,18,20-21H,4-6,8,11-14H2,1-3H3;7-9,15,19-20H,4-6,10-14H2,1-3H3;7-9,15,19H,4-6,10-14H2,1-3H3;2*7-9,15,19H,4-6,10-14H2,1-3H3;15-17H,2,4-7,9-14H2,1H3/t18-;;;;;/m1...../s1. The van der Waals surface area contributed by atoms with Crippen LogP contribution in [0.25, 0.3) is 0 Å². The summed E-state index contributed by atoms with van der Waals surface area (Å²) in [4.78, 5) is 1.76. The van der Waals surface area contributed by atoms with Crippen molar-refractivity contribution in [1.29, 1.82) is 0 Å². The molecule has 0 aliphatic heterocycles. The molecule has 121 heavy (non-hydrogen) atoms. The van der Waals surface area contributed by atoms with Crippen LogP contribution in [0.3, 0.4) is 0 Å². The lowest BCUT2D eigenvalue weighted by molar-refractivity contribution is 0.0127. The summed E-state index contributed by atoms with van der Waals surface area (Å²) < 4.78 is 29.9. The zero-order chi connectivity index (χ0) is 89.5. The van der Waals surface area contributed by atoms with Crippen molar-refractivity contribution in [3.63, 3.8) is 0 Å². The molecule has 2 fully saturated rings. The van der Waals surface area contributed by atoms with Gasteiger partial charge in [-0.25, -0.2) is 8.42 Å². The molecule has 13 heteroatoms. The lowest BCUT2D eigenvalue weighted by atomic mass is 9.83. The second-order valence-electron chi connectivity index (χ2n) is 35.8. The van der Waals surface area contributed by atoms with Gasteiger partial charge in [-0.15, -0.1) is 17.7 Å². The van der Waals surface area contributed by atoms with Gasteiger partial charge in [0.25, 0.3) is 0 Å². The number of aliphatic hydroxyl groups excluding tert-OH is 1. The molecular weight excluding hydrogens is 1550 g/mol. The fourth-order valence-corrected chi connectivity index (χ4v) is 21.3. The van der Waals surface area contributed by atoms with E-state index in [1.165, 1.54) is 109 Å². The van der Waals surface area contributed by atoms with Crippen molar-refractivity contribution in [2.75, 3.05) is 35.7 Å². The van der Waals surface area contributed by atoms with Crippen molar-refractivity contribution in [1.82, 2.24) is 0 Å². The molecule has 0 heterocycles. The Balaban J connectivity index is 0.000000492. The van der Waals surface area contributed by atoms with Crippen molar-refractivity contribution in [2.45, 2.75) is 455 Å². The minimum Gasteiger partial charge on any atom is -0.494 e. The average Bonchev–Trinajstić information content (AvgIpc) is 0.839. The Morgan fingerprint density at radius 1 is 0.438 bits per heavy atom. The Labute approximate surface area is 752 Å². The van der Waals surface area contributed by atoms with Crippen molar-refractivity contribution < 1.29 is 43.8 Å². The number of sulfone groups is 1. The number of rotatable bonds is 53. The van der Waals surface area contributed by atoms with Gasteiger partial charge in [0.1, 0.15) is 5.75 Å². The quantitative estimate of drug-likeness (QED) is 0.0145. The van der Waals surface area contributed by atoms with Gasteiger partial charge in [0.05, 0.1) is 51.4 Å². The minimum atomic E-state index is -3.17. The number of ether oxygens (including phenoxy) is 1. The molecule has 0 amide bonds. The van der Waals surface area contributed by atoms with Crippen LogP contribution >= 0.6 is 23.5 Å². The highest BCUT2D eigenvalue weighted by molar-refractivity contribution is 8.00. The Morgan fingerprint density at radius 2 is 0.876 bits per heavy atom. The normalized spacial score (nSPS) is 14.8. The molecular formula is C108H181NO9S3. The molecule has 0 bridgehead atoms. The third-order valence-electron chi connectivity index (χ3n) is 23.8. The Bertz CT molecular complexity index is 3340. The van der Waals surface area contributed by atoms with E-state index in [2.05, 4.69) is 206 Å². The second kappa shape index (κ2) is 67.0. The van der Waals surface area contributed by atoms with Crippen LogP contribution in [0.5, 0.6) is 5.75 Å². The summed E-state index contributed by atoms with van der Waals surface area (Å²) in [6, 6.07) is 41.1. The van der Waals surface area contributed by atoms with E-state index in [4.69, 9.17) is 4.74 Å². The topological polar surface area (TPSA) is 177 Å². The van der Waals surface area contributed by atoms with Crippen LogP contribution in [-0.4, -0.2) is 103 Å². The van der Waals surface area contributed by atoms with E-state index in [-0.39, 0.29) is 11.9 Å². The molecule has 2 unspecified atom stereocenters.